The van der Waals surface area contributed by atoms with E-state index in [1.807, 2.05) is 43.3 Å². The Kier molecular flexibility index (Phi) is 7.62. The predicted octanol–water partition coefficient (Wildman–Crippen LogP) is 4.93. The molecule has 1 amide bonds. The highest BCUT2D eigenvalue weighted by Crippen LogP contribution is 2.30. The lowest BCUT2D eigenvalue weighted by Crippen LogP contribution is -2.41. The largest absolute Gasteiger partial charge is 0.493 e. The fourth-order valence-electron chi connectivity index (χ4n) is 4.21. The third-order valence-corrected chi connectivity index (χ3v) is 7.08. The molecule has 1 aliphatic carbocycles. The molecule has 0 unspecified atom stereocenters. The van der Waals surface area contributed by atoms with E-state index in [9.17, 15) is 4.79 Å². The van der Waals surface area contributed by atoms with E-state index in [1.54, 1.807) is 14.2 Å². The summed E-state index contributed by atoms with van der Waals surface area (Å²) in [6.45, 7) is 2.45. The number of ether oxygens (including phenoxy) is 3. The number of hydrogen-bond acceptors (Lipinski definition) is 6. The average Bonchev–Trinajstić information content (AvgIpc) is 3.43. The van der Waals surface area contributed by atoms with Crippen LogP contribution >= 0.6 is 11.3 Å². The van der Waals surface area contributed by atoms with E-state index in [4.69, 9.17) is 14.2 Å². The highest BCUT2D eigenvalue weighted by molar-refractivity contribution is 7.13. The molecule has 1 aromatic heterocycles. The van der Waals surface area contributed by atoms with Gasteiger partial charge in [-0.25, -0.2) is 4.98 Å². The second-order valence-corrected chi connectivity index (χ2v) is 9.32. The van der Waals surface area contributed by atoms with Crippen molar-refractivity contribution in [3.63, 3.8) is 0 Å². The van der Waals surface area contributed by atoms with Crippen LogP contribution in [0.5, 0.6) is 11.5 Å². The minimum Gasteiger partial charge on any atom is -0.493 e. The molecule has 0 spiro atoms. The summed E-state index contributed by atoms with van der Waals surface area (Å²) in [5.41, 5.74) is 2.96. The van der Waals surface area contributed by atoms with Crippen molar-refractivity contribution < 1.29 is 19.0 Å². The first-order valence-electron chi connectivity index (χ1n) is 11.2. The maximum atomic E-state index is 13.1. The molecule has 1 N–H and O–H groups in total. The number of carbonyl (C=O) groups excluding carboxylic acids is 1. The molecule has 3 aromatic rings. The van der Waals surface area contributed by atoms with E-state index in [0.717, 1.165) is 41.1 Å². The number of aryl methyl sites for hydroxylation is 1. The topological polar surface area (TPSA) is 69.7 Å². The van der Waals surface area contributed by atoms with Gasteiger partial charge in [0.2, 0.25) is 0 Å². The van der Waals surface area contributed by atoms with Gasteiger partial charge < -0.3 is 19.5 Å². The Morgan fingerprint density at radius 2 is 1.85 bits per heavy atom. The van der Waals surface area contributed by atoms with Crippen LogP contribution in [0.2, 0.25) is 0 Å². The smallest absolute Gasteiger partial charge is 0.263 e. The van der Waals surface area contributed by atoms with Crippen LogP contribution < -0.4 is 14.8 Å². The number of aromatic nitrogens is 1. The molecule has 1 heterocycles. The second-order valence-electron chi connectivity index (χ2n) is 8.23. The van der Waals surface area contributed by atoms with Crippen LogP contribution in [-0.4, -0.2) is 37.3 Å². The maximum absolute atomic E-state index is 13.1. The zero-order valence-electron chi connectivity index (χ0n) is 19.3. The van der Waals surface area contributed by atoms with Gasteiger partial charge in [0.25, 0.3) is 5.91 Å². The Labute approximate surface area is 198 Å². The van der Waals surface area contributed by atoms with Crippen LogP contribution in [0.25, 0.3) is 0 Å². The summed E-state index contributed by atoms with van der Waals surface area (Å²) in [4.78, 5) is 18.4. The number of thiazole rings is 1. The van der Waals surface area contributed by atoms with Gasteiger partial charge in [-0.3, -0.25) is 4.79 Å². The van der Waals surface area contributed by atoms with Crippen molar-refractivity contribution in [1.29, 1.82) is 0 Å². The van der Waals surface area contributed by atoms with Crippen LogP contribution in [-0.2, 0) is 17.8 Å². The normalized spacial score (nSPS) is 17.7. The van der Waals surface area contributed by atoms with Gasteiger partial charge in [0.15, 0.2) is 11.5 Å². The highest BCUT2D eigenvalue weighted by atomic mass is 32.1. The molecule has 2 atom stereocenters. The Hall–Kier alpha value is -2.90. The molecule has 6 nitrogen and oxygen atoms in total. The molecule has 1 aliphatic rings. The Balaban J connectivity index is 1.38. The van der Waals surface area contributed by atoms with E-state index in [-0.39, 0.29) is 18.1 Å². The minimum atomic E-state index is -0.0660. The van der Waals surface area contributed by atoms with Gasteiger partial charge in [0, 0.05) is 6.42 Å². The fraction of sp³-hybridized carbons (Fsp3) is 0.385. The van der Waals surface area contributed by atoms with Crippen LogP contribution in [0.4, 0.5) is 0 Å². The molecule has 1 fully saturated rings. The lowest BCUT2D eigenvalue weighted by molar-refractivity contribution is 0.0272. The zero-order valence-corrected chi connectivity index (χ0v) is 20.1. The zero-order chi connectivity index (χ0) is 23.2. The predicted molar refractivity (Wildman–Crippen MR) is 129 cm³/mol. The Morgan fingerprint density at radius 3 is 2.61 bits per heavy atom. The van der Waals surface area contributed by atoms with Gasteiger partial charge in [-0.2, -0.15) is 0 Å². The SMILES string of the molecule is COc1ccc(Cc2nc(C)c(C(=O)N[C@H]3CCC[C@@H]3OCc3ccccc3)s2)cc1OC. The molecule has 0 saturated heterocycles. The molecule has 1 saturated carbocycles. The number of benzene rings is 2. The summed E-state index contributed by atoms with van der Waals surface area (Å²) < 4.78 is 16.8. The van der Waals surface area contributed by atoms with Gasteiger partial charge in [-0.05, 0) is 49.4 Å². The summed E-state index contributed by atoms with van der Waals surface area (Å²) in [6, 6.07) is 16.0. The number of nitrogens with zero attached hydrogens (tertiary/aromatic N) is 1. The van der Waals surface area contributed by atoms with E-state index < -0.39 is 0 Å². The van der Waals surface area contributed by atoms with Gasteiger partial charge >= 0.3 is 0 Å². The van der Waals surface area contributed by atoms with Crippen molar-refractivity contribution in [2.24, 2.45) is 0 Å². The number of carbonyl (C=O) groups is 1. The van der Waals surface area contributed by atoms with Crippen molar-refractivity contribution in [1.82, 2.24) is 10.3 Å². The molecule has 0 bridgehead atoms. The number of rotatable bonds is 9. The maximum Gasteiger partial charge on any atom is 0.263 e. The van der Waals surface area contributed by atoms with Crippen LogP contribution in [0.1, 0.15) is 50.8 Å². The third kappa shape index (κ3) is 5.72. The quantitative estimate of drug-likeness (QED) is 0.484. The number of nitrogens with one attached hydrogen (secondary N) is 1. The molecule has 7 heteroatoms. The fourth-order valence-corrected chi connectivity index (χ4v) is 5.21. The first-order valence-corrected chi connectivity index (χ1v) is 12.0. The van der Waals surface area contributed by atoms with Gasteiger partial charge in [0.1, 0.15) is 4.88 Å². The molecule has 0 radical (unpaired) electrons. The van der Waals surface area contributed by atoms with Gasteiger partial charge in [-0.15, -0.1) is 11.3 Å². The summed E-state index contributed by atoms with van der Waals surface area (Å²) in [5.74, 6) is 1.31. The minimum absolute atomic E-state index is 0.0250. The molecule has 174 valence electrons. The summed E-state index contributed by atoms with van der Waals surface area (Å²) in [5, 5.41) is 4.10. The molecule has 4 rings (SSSR count). The highest BCUT2D eigenvalue weighted by Gasteiger charge is 2.30. The van der Waals surface area contributed by atoms with Crippen molar-refractivity contribution in [2.75, 3.05) is 14.2 Å². The summed E-state index contributed by atoms with van der Waals surface area (Å²) >= 11 is 1.44. The van der Waals surface area contributed by atoms with E-state index in [0.29, 0.717) is 29.4 Å². The average molecular weight is 467 g/mol. The van der Waals surface area contributed by atoms with Gasteiger partial charge in [-0.1, -0.05) is 36.4 Å². The Bertz CT molecular complexity index is 1080. The second kappa shape index (κ2) is 10.8. The molecule has 2 aromatic carbocycles. The molecule has 0 aliphatic heterocycles. The number of hydrogen-bond donors (Lipinski definition) is 1. The van der Waals surface area contributed by atoms with Crippen molar-refractivity contribution in [2.45, 2.75) is 51.4 Å². The van der Waals surface area contributed by atoms with Crippen LogP contribution in [0, 0.1) is 6.92 Å². The molecular weight excluding hydrogens is 436 g/mol. The van der Waals surface area contributed by atoms with Gasteiger partial charge in [0.05, 0.1) is 43.7 Å². The van der Waals surface area contributed by atoms with Crippen molar-refractivity contribution in [3.8, 4) is 11.5 Å². The summed E-state index contributed by atoms with van der Waals surface area (Å²) in [6.07, 6.45) is 3.61. The van der Waals surface area contributed by atoms with E-state index >= 15 is 0 Å². The van der Waals surface area contributed by atoms with Crippen molar-refractivity contribution >= 4 is 17.2 Å². The van der Waals surface area contributed by atoms with Crippen molar-refractivity contribution in [3.05, 3.63) is 75.2 Å². The molecular formula is C26H30N2O4S. The first kappa shape index (κ1) is 23.3. The van der Waals surface area contributed by atoms with Crippen LogP contribution in [0.3, 0.4) is 0 Å². The number of amides is 1. The monoisotopic (exact) mass is 466 g/mol. The Morgan fingerprint density at radius 1 is 1.06 bits per heavy atom. The molecule has 33 heavy (non-hydrogen) atoms. The number of methoxy groups -OCH3 is 2. The van der Waals surface area contributed by atoms with Crippen LogP contribution in [0.15, 0.2) is 48.5 Å². The summed E-state index contributed by atoms with van der Waals surface area (Å²) in [7, 11) is 3.24. The first-order chi connectivity index (χ1) is 16.1. The lowest BCUT2D eigenvalue weighted by Gasteiger charge is -2.21. The third-order valence-electron chi connectivity index (χ3n) is 5.93. The van der Waals surface area contributed by atoms with E-state index in [2.05, 4.69) is 22.4 Å². The standard InChI is InChI=1S/C26H30N2O4S/c1-17-25(33-24(27-17)15-19-12-13-22(30-2)23(14-19)31-3)26(29)28-20-10-7-11-21(20)32-16-18-8-5-4-6-9-18/h4-6,8-9,12-14,20-21H,7,10-11,15-16H2,1-3H3,(H,28,29)/t20-,21-/m0/s1. The lowest BCUT2D eigenvalue weighted by atomic mass is 10.1. The van der Waals surface area contributed by atoms with E-state index in [1.165, 1.54) is 11.3 Å².